The van der Waals surface area contributed by atoms with Crippen molar-refractivity contribution in [2.75, 3.05) is 11.6 Å². The second kappa shape index (κ2) is 5.79. The Hall–Kier alpha value is -1.98. The molecule has 1 atom stereocenters. The van der Waals surface area contributed by atoms with Gasteiger partial charge in [0.05, 0.1) is 11.4 Å². The first-order valence-electron chi connectivity index (χ1n) is 6.75. The second-order valence-electron chi connectivity index (χ2n) is 5.01. The van der Waals surface area contributed by atoms with Crippen LogP contribution in [0.25, 0.3) is 0 Å². The third-order valence-electron chi connectivity index (χ3n) is 3.51. The van der Waals surface area contributed by atoms with Crippen LogP contribution in [0.3, 0.4) is 0 Å². The summed E-state index contributed by atoms with van der Waals surface area (Å²) in [6.45, 7) is 2.87. The molecule has 0 bridgehead atoms. The molecule has 0 spiro atoms. The van der Waals surface area contributed by atoms with Gasteiger partial charge in [0.15, 0.2) is 0 Å². The summed E-state index contributed by atoms with van der Waals surface area (Å²) >= 11 is -2.18. The molecule has 3 rings (SSSR count). The minimum absolute atomic E-state index is 0.292. The molecular weight excluding hydrogens is 284 g/mol. The van der Waals surface area contributed by atoms with E-state index in [1.54, 1.807) is 24.3 Å². The highest BCUT2D eigenvalue weighted by molar-refractivity contribution is 7.79. The molecule has 1 aliphatic rings. The predicted molar refractivity (Wildman–Crippen MR) is 83.3 cm³/mol. The molecule has 108 valence electrons. The van der Waals surface area contributed by atoms with Crippen LogP contribution in [0.15, 0.2) is 58.5 Å². The van der Waals surface area contributed by atoms with Gasteiger partial charge in [-0.05, 0) is 47.8 Å². The van der Waals surface area contributed by atoms with Crippen LogP contribution in [0, 0.1) is 6.92 Å². The Morgan fingerprint density at radius 3 is 2.38 bits per heavy atom. The van der Waals surface area contributed by atoms with Crippen LogP contribution in [0.4, 0.5) is 5.69 Å². The van der Waals surface area contributed by atoms with Crippen molar-refractivity contribution in [3.8, 4) is 0 Å². The second-order valence-corrected chi connectivity index (χ2v) is 5.96. The molecule has 1 unspecified atom stereocenters. The number of hydrogen-bond acceptors (Lipinski definition) is 4. The number of rotatable bonds is 3. The number of aryl methyl sites for hydroxylation is 1. The molecule has 0 N–H and O–H groups in total. The molecule has 0 aromatic heterocycles. The Kier molecular flexibility index (Phi) is 3.86. The number of anilines is 1. The lowest BCUT2D eigenvalue weighted by molar-refractivity contribution is 0.537. The molecule has 2 aromatic rings. The van der Waals surface area contributed by atoms with Crippen molar-refractivity contribution in [3.05, 3.63) is 59.7 Å². The molecule has 5 heteroatoms. The summed E-state index contributed by atoms with van der Waals surface area (Å²) in [6, 6.07) is 15.1. The number of hydrazone groups is 1. The number of benzene rings is 2. The Morgan fingerprint density at radius 1 is 1.10 bits per heavy atom. The van der Waals surface area contributed by atoms with Gasteiger partial charge in [0, 0.05) is 17.9 Å². The molecule has 0 saturated heterocycles. The first-order chi connectivity index (χ1) is 10.1. The zero-order valence-electron chi connectivity index (χ0n) is 11.7. The third-order valence-corrected chi connectivity index (χ3v) is 4.17. The Labute approximate surface area is 126 Å². The molecule has 2 aromatic carbocycles. The average Bonchev–Trinajstić information content (AvgIpc) is 2.98. The predicted octanol–water partition coefficient (Wildman–Crippen LogP) is 2.85. The maximum atomic E-state index is 10.9. The number of nitrogens with zero attached hydrogens (tertiary/aromatic N) is 2. The molecule has 0 amide bonds. The molecule has 0 fully saturated rings. The maximum absolute atomic E-state index is 10.9. The lowest BCUT2D eigenvalue weighted by Crippen LogP contribution is -2.11. The summed E-state index contributed by atoms with van der Waals surface area (Å²) in [6.07, 6.45) is 0.887. The highest BCUT2D eigenvalue weighted by atomic mass is 32.2. The molecular formula is C16H15N2O2S-. The van der Waals surface area contributed by atoms with Gasteiger partial charge in [-0.2, -0.15) is 5.10 Å². The summed E-state index contributed by atoms with van der Waals surface area (Å²) in [7, 11) is 0. The Bertz CT molecular complexity index is 693. The van der Waals surface area contributed by atoms with Gasteiger partial charge in [-0.1, -0.05) is 29.8 Å². The summed E-state index contributed by atoms with van der Waals surface area (Å²) in [5.41, 5.74) is 4.34. The van der Waals surface area contributed by atoms with E-state index in [0.29, 0.717) is 4.90 Å². The highest BCUT2D eigenvalue weighted by Crippen LogP contribution is 2.23. The van der Waals surface area contributed by atoms with Gasteiger partial charge in [-0.25, -0.2) is 0 Å². The summed E-state index contributed by atoms with van der Waals surface area (Å²) < 4.78 is 21.7. The van der Waals surface area contributed by atoms with Gasteiger partial charge in [0.2, 0.25) is 0 Å². The van der Waals surface area contributed by atoms with Gasteiger partial charge in [0.1, 0.15) is 0 Å². The van der Waals surface area contributed by atoms with Crippen molar-refractivity contribution in [2.45, 2.75) is 18.2 Å². The third kappa shape index (κ3) is 3.04. The zero-order chi connectivity index (χ0) is 14.8. The fraction of sp³-hybridized carbons (Fsp3) is 0.188. The zero-order valence-corrected chi connectivity index (χ0v) is 12.5. The van der Waals surface area contributed by atoms with E-state index in [0.717, 1.165) is 29.9 Å². The van der Waals surface area contributed by atoms with Crippen LogP contribution in [0.2, 0.25) is 0 Å². The van der Waals surface area contributed by atoms with Gasteiger partial charge >= 0.3 is 0 Å². The molecule has 0 saturated carbocycles. The maximum Gasteiger partial charge on any atom is 0.0700 e. The van der Waals surface area contributed by atoms with Crippen molar-refractivity contribution >= 4 is 22.5 Å². The van der Waals surface area contributed by atoms with Crippen molar-refractivity contribution in [2.24, 2.45) is 5.10 Å². The van der Waals surface area contributed by atoms with Gasteiger partial charge in [0.25, 0.3) is 0 Å². The minimum Gasteiger partial charge on any atom is -0.768 e. The van der Waals surface area contributed by atoms with Crippen molar-refractivity contribution in [1.82, 2.24) is 0 Å². The normalized spacial score (nSPS) is 15.9. The fourth-order valence-electron chi connectivity index (χ4n) is 2.32. The van der Waals surface area contributed by atoms with Gasteiger partial charge in [-0.3, -0.25) is 9.22 Å². The summed E-state index contributed by atoms with van der Waals surface area (Å²) in [5, 5.41) is 6.54. The standard InChI is InChI=1S/C16H16N2O2S/c1-12-2-4-13(5-3-12)16-10-11-18(17-16)14-6-8-15(9-7-14)21(19)20/h2-9H,10-11H2,1H3,(H,19,20)/p-1. The van der Waals surface area contributed by atoms with E-state index in [-0.39, 0.29) is 0 Å². The van der Waals surface area contributed by atoms with E-state index in [9.17, 15) is 8.76 Å². The van der Waals surface area contributed by atoms with E-state index >= 15 is 0 Å². The summed E-state index contributed by atoms with van der Waals surface area (Å²) in [5.74, 6) is 0. The SMILES string of the molecule is Cc1ccc(C2=NN(c3ccc(S(=O)[O-])cc3)CC2)cc1. The monoisotopic (exact) mass is 299 g/mol. The molecule has 21 heavy (non-hydrogen) atoms. The molecule has 0 radical (unpaired) electrons. The lowest BCUT2D eigenvalue weighted by Gasteiger charge is -2.14. The van der Waals surface area contributed by atoms with Crippen LogP contribution in [0.1, 0.15) is 17.5 Å². The lowest BCUT2D eigenvalue weighted by atomic mass is 10.1. The van der Waals surface area contributed by atoms with Crippen molar-refractivity contribution < 1.29 is 8.76 Å². The van der Waals surface area contributed by atoms with Crippen LogP contribution in [-0.4, -0.2) is 21.0 Å². The Morgan fingerprint density at radius 2 is 1.76 bits per heavy atom. The van der Waals surface area contributed by atoms with Crippen LogP contribution >= 0.6 is 0 Å². The average molecular weight is 299 g/mol. The van der Waals surface area contributed by atoms with E-state index in [4.69, 9.17) is 0 Å². The van der Waals surface area contributed by atoms with Crippen LogP contribution in [-0.2, 0) is 11.1 Å². The van der Waals surface area contributed by atoms with Crippen molar-refractivity contribution in [1.29, 1.82) is 0 Å². The van der Waals surface area contributed by atoms with E-state index in [1.807, 2.05) is 5.01 Å². The van der Waals surface area contributed by atoms with Crippen LogP contribution in [0.5, 0.6) is 0 Å². The molecule has 4 nitrogen and oxygen atoms in total. The smallest absolute Gasteiger partial charge is 0.0700 e. The highest BCUT2D eigenvalue weighted by Gasteiger charge is 2.17. The number of hydrogen-bond donors (Lipinski definition) is 0. The molecule has 1 aliphatic heterocycles. The van der Waals surface area contributed by atoms with Gasteiger partial charge < -0.3 is 4.55 Å². The van der Waals surface area contributed by atoms with Gasteiger partial charge in [-0.15, -0.1) is 0 Å². The topological polar surface area (TPSA) is 55.7 Å². The largest absolute Gasteiger partial charge is 0.768 e. The van der Waals surface area contributed by atoms with E-state index < -0.39 is 11.1 Å². The van der Waals surface area contributed by atoms with Crippen LogP contribution < -0.4 is 5.01 Å². The first-order valence-corrected chi connectivity index (χ1v) is 7.82. The van der Waals surface area contributed by atoms with E-state index in [1.165, 1.54) is 5.56 Å². The quantitative estimate of drug-likeness (QED) is 0.819. The van der Waals surface area contributed by atoms with Crippen molar-refractivity contribution in [3.63, 3.8) is 0 Å². The first kappa shape index (κ1) is 14.0. The minimum atomic E-state index is -2.18. The summed E-state index contributed by atoms with van der Waals surface area (Å²) in [4.78, 5) is 0.292. The molecule has 1 heterocycles. The molecule has 0 aliphatic carbocycles. The fourth-order valence-corrected chi connectivity index (χ4v) is 2.68. The Balaban J connectivity index is 1.81. The van der Waals surface area contributed by atoms with E-state index in [2.05, 4.69) is 36.3 Å².